The number of hydrogen-bond donors (Lipinski definition) is 2. The van der Waals surface area contributed by atoms with Crippen LogP contribution in [0.1, 0.15) is 28.2 Å². The lowest BCUT2D eigenvalue weighted by molar-refractivity contribution is -0.122. The normalized spacial score (nSPS) is 13.1. The van der Waals surface area contributed by atoms with Crippen molar-refractivity contribution >= 4 is 23.2 Å². The first kappa shape index (κ1) is 19.9. The fourth-order valence-electron chi connectivity index (χ4n) is 2.60. The molecule has 1 heterocycles. The molecule has 2 atom stereocenters. The lowest BCUT2D eigenvalue weighted by Crippen LogP contribution is -2.46. The first-order chi connectivity index (χ1) is 12.4. The highest BCUT2D eigenvalue weighted by atomic mass is 32.1. The number of ether oxygens (including phenoxy) is 1. The van der Waals surface area contributed by atoms with E-state index in [2.05, 4.69) is 10.6 Å². The molecule has 0 aliphatic heterocycles. The van der Waals surface area contributed by atoms with E-state index in [0.717, 1.165) is 11.3 Å². The Hall–Kier alpha value is -2.38. The van der Waals surface area contributed by atoms with Crippen LogP contribution in [0.4, 0.5) is 0 Å². The molecule has 7 heteroatoms. The first-order valence-electron chi connectivity index (χ1n) is 8.35. The molecule has 26 heavy (non-hydrogen) atoms. The van der Waals surface area contributed by atoms with Crippen molar-refractivity contribution in [2.45, 2.75) is 19.0 Å². The third kappa shape index (κ3) is 5.06. The topological polar surface area (TPSA) is 70.7 Å². The summed E-state index contributed by atoms with van der Waals surface area (Å²) < 4.78 is 5.43. The lowest BCUT2D eigenvalue weighted by Gasteiger charge is -2.27. The summed E-state index contributed by atoms with van der Waals surface area (Å²) in [7, 11) is 5.53. The van der Waals surface area contributed by atoms with Crippen molar-refractivity contribution < 1.29 is 14.3 Å². The number of rotatable bonds is 8. The standard InChI is InChI=1S/C19H25N3O3S/c1-13(21-19(24)17-10-7-11-26-17)18(23)20-12-15(22(2)3)14-8-5-6-9-16(14)25-4/h5-11,13,15H,12H2,1-4H3,(H,20,23)(H,21,24). The maximum absolute atomic E-state index is 12.4. The zero-order valence-electron chi connectivity index (χ0n) is 15.5. The number of para-hydroxylation sites is 1. The van der Waals surface area contributed by atoms with Gasteiger partial charge in [-0.1, -0.05) is 24.3 Å². The van der Waals surface area contributed by atoms with Gasteiger partial charge in [-0.2, -0.15) is 0 Å². The second-order valence-electron chi connectivity index (χ2n) is 6.14. The van der Waals surface area contributed by atoms with Crippen LogP contribution in [-0.4, -0.2) is 50.5 Å². The summed E-state index contributed by atoms with van der Waals surface area (Å²) in [6.45, 7) is 2.08. The van der Waals surface area contributed by atoms with Crippen LogP contribution in [-0.2, 0) is 4.79 Å². The molecule has 0 saturated heterocycles. The molecule has 2 aromatic rings. The van der Waals surface area contributed by atoms with Crippen LogP contribution >= 0.6 is 11.3 Å². The van der Waals surface area contributed by atoms with E-state index in [9.17, 15) is 9.59 Å². The second kappa shape index (κ2) is 9.35. The van der Waals surface area contributed by atoms with Gasteiger partial charge in [0, 0.05) is 12.1 Å². The number of nitrogens with one attached hydrogen (secondary N) is 2. The van der Waals surface area contributed by atoms with Gasteiger partial charge < -0.3 is 20.3 Å². The smallest absolute Gasteiger partial charge is 0.261 e. The monoisotopic (exact) mass is 375 g/mol. The van der Waals surface area contributed by atoms with Gasteiger partial charge in [0.1, 0.15) is 11.8 Å². The van der Waals surface area contributed by atoms with E-state index in [-0.39, 0.29) is 17.9 Å². The van der Waals surface area contributed by atoms with Crippen LogP contribution in [0.15, 0.2) is 41.8 Å². The quantitative estimate of drug-likeness (QED) is 0.743. The number of benzene rings is 1. The Kier molecular flexibility index (Phi) is 7.17. The molecule has 0 aliphatic carbocycles. The van der Waals surface area contributed by atoms with Crippen LogP contribution in [0.3, 0.4) is 0 Å². The molecule has 140 valence electrons. The Morgan fingerprint density at radius 2 is 1.92 bits per heavy atom. The van der Waals surface area contributed by atoms with Gasteiger partial charge in [-0.05, 0) is 38.5 Å². The number of amides is 2. The molecule has 2 N–H and O–H groups in total. The van der Waals surface area contributed by atoms with Gasteiger partial charge in [-0.25, -0.2) is 0 Å². The Morgan fingerprint density at radius 1 is 1.19 bits per heavy atom. The third-order valence-corrected chi connectivity index (χ3v) is 4.95. The predicted octanol–water partition coefficient (Wildman–Crippen LogP) is 2.29. The van der Waals surface area contributed by atoms with Gasteiger partial charge in [-0.15, -0.1) is 11.3 Å². The van der Waals surface area contributed by atoms with E-state index in [0.29, 0.717) is 11.4 Å². The Morgan fingerprint density at radius 3 is 2.54 bits per heavy atom. The summed E-state index contributed by atoms with van der Waals surface area (Å²) in [5.41, 5.74) is 0.996. The molecule has 6 nitrogen and oxygen atoms in total. The molecule has 2 rings (SSSR count). The molecule has 2 unspecified atom stereocenters. The first-order valence-corrected chi connectivity index (χ1v) is 9.23. The maximum Gasteiger partial charge on any atom is 0.261 e. The van der Waals surface area contributed by atoms with E-state index in [1.807, 2.05) is 48.6 Å². The van der Waals surface area contributed by atoms with E-state index in [1.165, 1.54) is 11.3 Å². The highest BCUT2D eigenvalue weighted by Crippen LogP contribution is 2.27. The Balaban J connectivity index is 1.97. The maximum atomic E-state index is 12.4. The van der Waals surface area contributed by atoms with Gasteiger partial charge in [0.05, 0.1) is 18.0 Å². The summed E-state index contributed by atoms with van der Waals surface area (Å²) in [5.74, 6) is 0.313. The third-order valence-electron chi connectivity index (χ3n) is 4.08. The van der Waals surface area contributed by atoms with Crippen molar-refractivity contribution in [3.8, 4) is 5.75 Å². The van der Waals surface area contributed by atoms with Crippen LogP contribution in [0.5, 0.6) is 5.75 Å². The minimum Gasteiger partial charge on any atom is -0.496 e. The molecule has 0 saturated carbocycles. The van der Waals surface area contributed by atoms with Gasteiger partial charge in [0.25, 0.3) is 5.91 Å². The van der Waals surface area contributed by atoms with Crippen molar-refractivity contribution in [2.75, 3.05) is 27.7 Å². The zero-order chi connectivity index (χ0) is 19.1. The molecule has 0 spiro atoms. The minimum absolute atomic E-state index is 0.0460. The fourth-order valence-corrected chi connectivity index (χ4v) is 3.23. The largest absolute Gasteiger partial charge is 0.496 e. The lowest BCUT2D eigenvalue weighted by atomic mass is 10.0. The summed E-state index contributed by atoms with van der Waals surface area (Å²) in [4.78, 5) is 27.1. The summed E-state index contributed by atoms with van der Waals surface area (Å²) in [6.07, 6.45) is 0. The van der Waals surface area contributed by atoms with Crippen molar-refractivity contribution in [2.24, 2.45) is 0 Å². The Bertz CT molecular complexity index is 731. The van der Waals surface area contributed by atoms with E-state index >= 15 is 0 Å². The summed E-state index contributed by atoms with van der Waals surface area (Å²) in [6, 6.07) is 10.6. The highest BCUT2D eigenvalue weighted by Gasteiger charge is 2.22. The highest BCUT2D eigenvalue weighted by molar-refractivity contribution is 7.12. The van der Waals surface area contributed by atoms with Crippen LogP contribution in [0.25, 0.3) is 0 Å². The number of likely N-dealkylation sites (N-methyl/N-ethyl adjacent to an activating group) is 1. The SMILES string of the molecule is COc1ccccc1C(CNC(=O)C(C)NC(=O)c1cccs1)N(C)C. The Labute approximate surface area is 158 Å². The van der Waals surface area contributed by atoms with Crippen LogP contribution < -0.4 is 15.4 Å². The van der Waals surface area contributed by atoms with Gasteiger partial charge in [0.2, 0.25) is 5.91 Å². The summed E-state index contributed by atoms with van der Waals surface area (Å²) >= 11 is 1.34. The number of hydrogen-bond acceptors (Lipinski definition) is 5. The number of nitrogens with zero attached hydrogens (tertiary/aromatic N) is 1. The molecule has 2 amide bonds. The number of carbonyl (C=O) groups excluding carboxylic acids is 2. The average molecular weight is 375 g/mol. The second-order valence-corrected chi connectivity index (χ2v) is 7.09. The van der Waals surface area contributed by atoms with E-state index < -0.39 is 6.04 Å². The van der Waals surface area contributed by atoms with Gasteiger partial charge in [0.15, 0.2) is 0 Å². The number of thiophene rings is 1. The molecular formula is C19H25N3O3S. The van der Waals surface area contributed by atoms with E-state index in [4.69, 9.17) is 4.74 Å². The van der Waals surface area contributed by atoms with Gasteiger partial charge in [-0.3, -0.25) is 9.59 Å². The summed E-state index contributed by atoms with van der Waals surface area (Å²) in [5, 5.41) is 7.46. The molecule has 1 aromatic carbocycles. The van der Waals surface area contributed by atoms with Crippen molar-refractivity contribution in [3.05, 3.63) is 52.2 Å². The van der Waals surface area contributed by atoms with Crippen LogP contribution in [0, 0.1) is 0 Å². The zero-order valence-corrected chi connectivity index (χ0v) is 16.3. The van der Waals surface area contributed by atoms with Crippen molar-refractivity contribution in [1.82, 2.24) is 15.5 Å². The van der Waals surface area contributed by atoms with Crippen LogP contribution in [0.2, 0.25) is 0 Å². The molecule has 0 bridgehead atoms. The molecular weight excluding hydrogens is 350 g/mol. The van der Waals surface area contributed by atoms with Gasteiger partial charge >= 0.3 is 0 Å². The van der Waals surface area contributed by atoms with Crippen molar-refractivity contribution in [3.63, 3.8) is 0 Å². The molecule has 1 aromatic heterocycles. The fraction of sp³-hybridized carbons (Fsp3) is 0.368. The number of methoxy groups -OCH3 is 1. The predicted molar refractivity (Wildman–Crippen MR) is 104 cm³/mol. The van der Waals surface area contributed by atoms with E-state index in [1.54, 1.807) is 26.2 Å². The number of carbonyl (C=O) groups is 2. The molecule has 0 fully saturated rings. The minimum atomic E-state index is -0.620. The average Bonchev–Trinajstić information content (AvgIpc) is 3.16. The van der Waals surface area contributed by atoms with Crippen molar-refractivity contribution in [1.29, 1.82) is 0 Å². The molecule has 0 radical (unpaired) electrons. The molecule has 0 aliphatic rings.